The topological polar surface area (TPSA) is 91.1 Å². The van der Waals surface area contributed by atoms with Crippen molar-refractivity contribution in [2.24, 2.45) is 10.2 Å². The Bertz CT molecular complexity index is 628. The Morgan fingerprint density at radius 2 is 2.10 bits per heavy atom. The molecule has 0 aromatic heterocycles. The van der Waals surface area contributed by atoms with E-state index in [1.807, 2.05) is 0 Å². The van der Waals surface area contributed by atoms with E-state index in [-0.39, 0.29) is 17.4 Å². The fourth-order valence-electron chi connectivity index (χ4n) is 1.61. The number of nitrogens with one attached hydrogen (secondary N) is 1. The molecular formula is C13H12FN3O3S. The normalized spacial score (nSPS) is 20.7. The van der Waals surface area contributed by atoms with Gasteiger partial charge < -0.3 is 10.4 Å². The van der Waals surface area contributed by atoms with Crippen LogP contribution in [0.2, 0.25) is 0 Å². The van der Waals surface area contributed by atoms with Gasteiger partial charge in [-0.2, -0.15) is 5.10 Å². The largest absolute Gasteiger partial charge is 0.481 e. The maximum absolute atomic E-state index is 12.8. The molecule has 6 nitrogen and oxygen atoms in total. The van der Waals surface area contributed by atoms with Gasteiger partial charge in [0.1, 0.15) is 11.1 Å². The summed E-state index contributed by atoms with van der Waals surface area (Å²) in [7, 11) is 0. The zero-order valence-corrected chi connectivity index (χ0v) is 11.9. The van der Waals surface area contributed by atoms with Crippen molar-refractivity contribution in [3.05, 3.63) is 35.6 Å². The van der Waals surface area contributed by atoms with E-state index in [9.17, 15) is 14.0 Å². The van der Waals surface area contributed by atoms with Crippen LogP contribution in [0, 0.1) is 5.82 Å². The van der Waals surface area contributed by atoms with E-state index in [2.05, 4.69) is 15.5 Å². The molecule has 1 amide bonds. The molecule has 0 aliphatic carbocycles. The van der Waals surface area contributed by atoms with Crippen LogP contribution in [-0.2, 0) is 9.59 Å². The van der Waals surface area contributed by atoms with Crippen molar-refractivity contribution in [2.45, 2.75) is 18.6 Å². The van der Waals surface area contributed by atoms with E-state index >= 15 is 0 Å². The van der Waals surface area contributed by atoms with Crippen LogP contribution in [0.1, 0.15) is 18.9 Å². The summed E-state index contributed by atoms with van der Waals surface area (Å²) < 4.78 is 12.8. The molecule has 110 valence electrons. The van der Waals surface area contributed by atoms with Gasteiger partial charge >= 0.3 is 5.97 Å². The van der Waals surface area contributed by atoms with Crippen LogP contribution in [0.5, 0.6) is 0 Å². The third kappa shape index (κ3) is 4.12. The lowest BCUT2D eigenvalue weighted by Crippen LogP contribution is -2.26. The highest BCUT2D eigenvalue weighted by atomic mass is 32.2. The lowest BCUT2D eigenvalue weighted by molar-refractivity contribution is -0.138. The number of hydrogen-bond acceptors (Lipinski definition) is 5. The Labute approximate surface area is 124 Å². The summed E-state index contributed by atoms with van der Waals surface area (Å²) in [6.45, 7) is 1.70. The maximum Gasteiger partial charge on any atom is 0.305 e. The first-order valence-electron chi connectivity index (χ1n) is 6.03. The van der Waals surface area contributed by atoms with Crippen molar-refractivity contribution >= 4 is 34.5 Å². The number of benzene rings is 1. The predicted octanol–water partition coefficient (Wildman–Crippen LogP) is 1.61. The van der Waals surface area contributed by atoms with Crippen LogP contribution in [-0.4, -0.2) is 33.1 Å². The third-order valence-electron chi connectivity index (χ3n) is 2.69. The average Bonchev–Trinajstić information content (AvgIpc) is 2.77. The van der Waals surface area contributed by atoms with Crippen LogP contribution >= 0.6 is 11.8 Å². The molecule has 2 N–H and O–H groups in total. The number of thioether (sulfide) groups is 1. The van der Waals surface area contributed by atoms with Gasteiger partial charge in [0.05, 0.1) is 12.1 Å². The van der Waals surface area contributed by atoms with Gasteiger partial charge in [0.2, 0.25) is 5.91 Å². The molecule has 1 heterocycles. The number of amidine groups is 1. The van der Waals surface area contributed by atoms with Crippen molar-refractivity contribution in [1.82, 2.24) is 5.32 Å². The minimum Gasteiger partial charge on any atom is -0.481 e. The maximum atomic E-state index is 12.8. The number of amides is 1. The number of carbonyl (C=O) groups excluding carboxylic acids is 1. The van der Waals surface area contributed by atoms with Crippen molar-refractivity contribution in [3.8, 4) is 0 Å². The number of carboxylic acid groups (broad SMARTS) is 1. The first kappa shape index (κ1) is 15.2. The molecule has 1 aromatic rings. The molecule has 1 saturated heterocycles. The van der Waals surface area contributed by atoms with E-state index < -0.39 is 17.1 Å². The number of hydrogen-bond donors (Lipinski definition) is 2. The van der Waals surface area contributed by atoms with Gasteiger partial charge in [-0.1, -0.05) is 23.9 Å². The predicted molar refractivity (Wildman–Crippen MR) is 77.8 cm³/mol. The lowest BCUT2D eigenvalue weighted by atomic mass is 10.1. The monoisotopic (exact) mass is 309 g/mol. The van der Waals surface area contributed by atoms with E-state index in [0.29, 0.717) is 11.3 Å². The van der Waals surface area contributed by atoms with Crippen LogP contribution in [0.25, 0.3) is 0 Å². The lowest BCUT2D eigenvalue weighted by Gasteiger charge is -1.99. The minimum atomic E-state index is -1.05. The zero-order valence-electron chi connectivity index (χ0n) is 11.0. The second kappa shape index (κ2) is 6.49. The molecule has 1 atom stereocenters. The van der Waals surface area contributed by atoms with Crippen molar-refractivity contribution < 1.29 is 19.1 Å². The number of carboxylic acids is 1. The molecular weight excluding hydrogens is 297 g/mol. The summed E-state index contributed by atoms with van der Waals surface area (Å²) in [6.07, 6.45) is -0.268. The standard InChI is InChI=1S/C13H12FN3O3S/c1-7(8-2-4-9(14)5-3-8)16-17-13-15-12(20)10(21-13)6-11(18)19/h2-5,10H,6H2,1H3,(H,18,19)(H,15,17,20)/b16-7-. The zero-order chi connectivity index (χ0) is 15.4. The Morgan fingerprint density at radius 1 is 1.43 bits per heavy atom. The van der Waals surface area contributed by atoms with Crippen LogP contribution in [0.15, 0.2) is 34.5 Å². The molecule has 1 fully saturated rings. The van der Waals surface area contributed by atoms with E-state index in [0.717, 1.165) is 11.8 Å². The molecule has 0 saturated carbocycles. The minimum absolute atomic E-state index is 0.257. The summed E-state index contributed by atoms with van der Waals surface area (Å²) in [5, 5.41) is 18.5. The van der Waals surface area contributed by atoms with Gasteiger partial charge in [0.15, 0.2) is 5.17 Å². The Morgan fingerprint density at radius 3 is 2.71 bits per heavy atom. The molecule has 0 radical (unpaired) electrons. The highest BCUT2D eigenvalue weighted by Crippen LogP contribution is 2.22. The Hall–Kier alpha value is -2.22. The van der Waals surface area contributed by atoms with Gasteiger partial charge in [-0.05, 0) is 24.6 Å². The van der Waals surface area contributed by atoms with Crippen LogP contribution in [0.4, 0.5) is 4.39 Å². The number of halogens is 1. The Kier molecular flexibility index (Phi) is 4.69. The summed E-state index contributed by atoms with van der Waals surface area (Å²) in [6, 6.07) is 5.77. The molecule has 1 aliphatic rings. The fraction of sp³-hybridized carbons (Fsp3) is 0.231. The second-order valence-electron chi connectivity index (χ2n) is 4.29. The summed E-state index contributed by atoms with van der Waals surface area (Å²) in [5.41, 5.74) is 1.26. The summed E-state index contributed by atoms with van der Waals surface area (Å²) in [5.74, 6) is -1.78. The average molecular weight is 309 g/mol. The number of nitrogens with zero attached hydrogens (tertiary/aromatic N) is 2. The van der Waals surface area contributed by atoms with E-state index in [1.165, 1.54) is 12.1 Å². The van der Waals surface area contributed by atoms with Crippen LogP contribution < -0.4 is 5.32 Å². The highest BCUT2D eigenvalue weighted by Gasteiger charge is 2.32. The van der Waals surface area contributed by atoms with Gasteiger partial charge in [0.25, 0.3) is 0 Å². The molecule has 0 spiro atoms. The van der Waals surface area contributed by atoms with Gasteiger partial charge in [-0.25, -0.2) is 4.39 Å². The second-order valence-corrected chi connectivity index (χ2v) is 5.48. The van der Waals surface area contributed by atoms with Gasteiger partial charge in [-0.15, -0.1) is 5.10 Å². The molecule has 0 bridgehead atoms. The van der Waals surface area contributed by atoms with E-state index in [4.69, 9.17) is 5.11 Å². The third-order valence-corrected chi connectivity index (χ3v) is 3.76. The van der Waals surface area contributed by atoms with Gasteiger partial charge in [-0.3, -0.25) is 9.59 Å². The molecule has 21 heavy (non-hydrogen) atoms. The van der Waals surface area contributed by atoms with Gasteiger partial charge in [0, 0.05) is 0 Å². The molecule has 8 heteroatoms. The molecule has 1 aromatic carbocycles. The Balaban J connectivity index is 2.07. The fourth-order valence-corrected chi connectivity index (χ4v) is 2.52. The number of rotatable bonds is 4. The molecule has 1 unspecified atom stereocenters. The summed E-state index contributed by atoms with van der Waals surface area (Å²) >= 11 is 1.03. The van der Waals surface area contributed by atoms with Crippen molar-refractivity contribution in [2.75, 3.05) is 0 Å². The van der Waals surface area contributed by atoms with Crippen molar-refractivity contribution in [3.63, 3.8) is 0 Å². The first-order chi connectivity index (χ1) is 9.95. The quantitative estimate of drug-likeness (QED) is 0.653. The highest BCUT2D eigenvalue weighted by molar-refractivity contribution is 8.15. The van der Waals surface area contributed by atoms with Crippen LogP contribution in [0.3, 0.4) is 0 Å². The number of carbonyl (C=O) groups is 2. The number of aliphatic carboxylic acids is 1. The smallest absolute Gasteiger partial charge is 0.305 e. The van der Waals surface area contributed by atoms with Crippen molar-refractivity contribution in [1.29, 1.82) is 0 Å². The van der Waals surface area contributed by atoms with E-state index in [1.54, 1.807) is 19.1 Å². The SMILES string of the molecule is C/C(=N/N=C1/NC(=O)C(CC(=O)O)S1)c1ccc(F)cc1. The molecule has 2 rings (SSSR count). The summed E-state index contributed by atoms with van der Waals surface area (Å²) in [4.78, 5) is 22.1. The molecule has 1 aliphatic heterocycles. The first-order valence-corrected chi connectivity index (χ1v) is 6.91.